The number of benzene rings is 1. The van der Waals surface area contributed by atoms with Gasteiger partial charge in [-0.1, -0.05) is 37.6 Å². The number of nitrogens with one attached hydrogen (secondary N) is 1. The first-order chi connectivity index (χ1) is 10.8. The Balaban J connectivity index is 2.33. The van der Waals surface area contributed by atoms with Crippen LogP contribution in [0.2, 0.25) is 0 Å². The molecule has 0 heterocycles. The van der Waals surface area contributed by atoms with Crippen LogP contribution in [0.25, 0.3) is 0 Å². The number of esters is 1. The molecule has 2 rings (SSSR count). The fraction of sp³-hybridized carbons (Fsp3) is 0.500. The van der Waals surface area contributed by atoms with E-state index in [0.717, 1.165) is 12.0 Å². The Morgan fingerprint density at radius 3 is 2.65 bits per heavy atom. The predicted octanol–water partition coefficient (Wildman–Crippen LogP) is 2.85. The normalized spacial score (nSPS) is 20.0. The van der Waals surface area contributed by atoms with Gasteiger partial charge in [-0.3, -0.25) is 4.79 Å². The van der Waals surface area contributed by atoms with Crippen LogP contribution in [0.5, 0.6) is 0 Å². The number of ether oxygens (including phenoxy) is 1. The molecule has 0 unspecified atom stereocenters. The van der Waals surface area contributed by atoms with Crippen molar-refractivity contribution in [2.24, 2.45) is 0 Å². The Morgan fingerprint density at radius 2 is 2.00 bits per heavy atom. The number of hydrogen-bond donors (Lipinski definition) is 1. The number of carbonyl (C=O) groups is 2. The van der Waals surface area contributed by atoms with Crippen molar-refractivity contribution < 1.29 is 27.5 Å². The molecule has 0 fully saturated rings. The van der Waals surface area contributed by atoms with E-state index < -0.39 is 23.6 Å². The molecular formula is C16H18F3NO3. The van der Waals surface area contributed by atoms with Crippen LogP contribution in [-0.4, -0.2) is 24.7 Å². The van der Waals surface area contributed by atoms with Crippen LogP contribution in [0, 0.1) is 0 Å². The highest BCUT2D eigenvalue weighted by Gasteiger charge is 2.52. The lowest BCUT2D eigenvalue weighted by atomic mass is 9.91. The lowest BCUT2D eigenvalue weighted by molar-refractivity contribution is -0.178. The number of halogens is 3. The van der Waals surface area contributed by atoms with Crippen molar-refractivity contribution in [3.63, 3.8) is 0 Å². The van der Waals surface area contributed by atoms with Crippen LogP contribution in [0.4, 0.5) is 13.2 Å². The minimum absolute atomic E-state index is 0.0547. The molecule has 0 saturated heterocycles. The van der Waals surface area contributed by atoms with E-state index in [0.29, 0.717) is 18.4 Å². The van der Waals surface area contributed by atoms with Crippen LogP contribution in [-0.2, 0) is 26.3 Å². The van der Waals surface area contributed by atoms with Crippen LogP contribution in [0.1, 0.15) is 37.3 Å². The fourth-order valence-electron chi connectivity index (χ4n) is 2.70. The zero-order valence-corrected chi connectivity index (χ0v) is 12.7. The molecule has 7 heteroatoms. The lowest BCUT2D eigenvalue weighted by Crippen LogP contribution is -2.54. The van der Waals surface area contributed by atoms with Gasteiger partial charge in [-0.05, 0) is 30.4 Å². The minimum Gasteiger partial charge on any atom is -0.464 e. The lowest BCUT2D eigenvalue weighted by Gasteiger charge is -2.29. The van der Waals surface area contributed by atoms with Gasteiger partial charge in [0.2, 0.25) is 0 Å². The van der Waals surface area contributed by atoms with Crippen molar-refractivity contribution in [3.05, 3.63) is 35.4 Å². The van der Waals surface area contributed by atoms with Gasteiger partial charge in [-0.2, -0.15) is 13.2 Å². The molecule has 23 heavy (non-hydrogen) atoms. The van der Waals surface area contributed by atoms with Gasteiger partial charge >= 0.3 is 18.1 Å². The second-order valence-corrected chi connectivity index (χ2v) is 5.50. The highest BCUT2D eigenvalue weighted by atomic mass is 19.4. The molecule has 1 aliphatic rings. The average Bonchev–Trinajstić information content (AvgIpc) is 2.87. The molecule has 1 N–H and O–H groups in total. The Labute approximate surface area is 132 Å². The monoisotopic (exact) mass is 329 g/mol. The van der Waals surface area contributed by atoms with E-state index in [1.165, 1.54) is 0 Å². The fourth-order valence-corrected chi connectivity index (χ4v) is 2.70. The Morgan fingerprint density at radius 1 is 1.30 bits per heavy atom. The van der Waals surface area contributed by atoms with E-state index in [2.05, 4.69) is 0 Å². The summed E-state index contributed by atoms with van der Waals surface area (Å²) in [4.78, 5) is 23.9. The highest BCUT2D eigenvalue weighted by molar-refractivity contribution is 5.92. The maximum atomic E-state index is 12.7. The summed E-state index contributed by atoms with van der Waals surface area (Å²) in [6, 6.07) is 6.65. The van der Waals surface area contributed by atoms with Gasteiger partial charge in [0.15, 0.2) is 5.54 Å². The summed E-state index contributed by atoms with van der Waals surface area (Å²) >= 11 is 0. The molecule has 1 atom stereocenters. The van der Waals surface area contributed by atoms with E-state index in [1.807, 2.05) is 12.2 Å². The summed E-state index contributed by atoms with van der Waals surface area (Å²) < 4.78 is 43.1. The van der Waals surface area contributed by atoms with Crippen molar-refractivity contribution in [1.82, 2.24) is 5.32 Å². The third-order valence-corrected chi connectivity index (χ3v) is 3.91. The molecule has 0 bridgehead atoms. The minimum atomic E-state index is -5.06. The maximum absolute atomic E-state index is 12.7. The molecule has 1 amide bonds. The van der Waals surface area contributed by atoms with E-state index in [-0.39, 0.29) is 13.0 Å². The summed E-state index contributed by atoms with van der Waals surface area (Å²) in [5.74, 6) is -2.98. The number of aryl methyl sites for hydroxylation is 1. The van der Waals surface area contributed by atoms with Crippen molar-refractivity contribution >= 4 is 11.9 Å². The number of hydrogen-bond acceptors (Lipinski definition) is 3. The molecule has 1 aliphatic carbocycles. The topological polar surface area (TPSA) is 55.4 Å². The van der Waals surface area contributed by atoms with Gasteiger partial charge in [0, 0.05) is 0 Å². The summed E-state index contributed by atoms with van der Waals surface area (Å²) in [6.45, 7) is 2.01. The van der Waals surface area contributed by atoms with E-state index in [1.54, 1.807) is 24.3 Å². The number of carbonyl (C=O) groups excluding carboxylic acids is 2. The first-order valence-corrected chi connectivity index (χ1v) is 7.46. The quantitative estimate of drug-likeness (QED) is 0.667. The summed E-state index contributed by atoms with van der Waals surface area (Å²) in [7, 11) is 0. The van der Waals surface area contributed by atoms with Crippen molar-refractivity contribution in [2.45, 2.75) is 44.3 Å². The van der Waals surface area contributed by atoms with Crippen LogP contribution in [0.15, 0.2) is 24.3 Å². The molecule has 0 saturated carbocycles. The highest BCUT2D eigenvalue weighted by Crippen LogP contribution is 2.38. The van der Waals surface area contributed by atoms with Gasteiger partial charge in [-0.15, -0.1) is 0 Å². The molecule has 0 aliphatic heterocycles. The molecule has 0 radical (unpaired) electrons. The van der Waals surface area contributed by atoms with Gasteiger partial charge < -0.3 is 10.1 Å². The van der Waals surface area contributed by atoms with Crippen molar-refractivity contribution in [2.75, 3.05) is 6.61 Å². The second-order valence-electron chi connectivity index (χ2n) is 5.50. The molecule has 126 valence electrons. The average molecular weight is 329 g/mol. The molecule has 1 aromatic rings. The smallest absolute Gasteiger partial charge is 0.464 e. The zero-order chi connectivity index (χ0) is 17.1. The summed E-state index contributed by atoms with van der Waals surface area (Å²) in [5, 5.41) is 1.88. The van der Waals surface area contributed by atoms with Gasteiger partial charge in [-0.25, -0.2) is 4.79 Å². The molecule has 4 nitrogen and oxygen atoms in total. The molecule has 0 aromatic heterocycles. The zero-order valence-electron chi connectivity index (χ0n) is 12.7. The van der Waals surface area contributed by atoms with Crippen molar-refractivity contribution in [1.29, 1.82) is 0 Å². The first-order valence-electron chi connectivity index (χ1n) is 7.46. The number of alkyl halides is 3. The van der Waals surface area contributed by atoms with E-state index in [9.17, 15) is 22.8 Å². The van der Waals surface area contributed by atoms with Crippen LogP contribution >= 0.6 is 0 Å². The molecule has 0 spiro atoms. The third-order valence-electron chi connectivity index (χ3n) is 3.91. The van der Waals surface area contributed by atoms with Crippen LogP contribution in [0.3, 0.4) is 0 Å². The maximum Gasteiger partial charge on any atom is 0.471 e. The Hall–Kier alpha value is -2.05. The van der Waals surface area contributed by atoms with Gasteiger partial charge in [0.1, 0.15) is 0 Å². The third kappa shape index (κ3) is 3.48. The van der Waals surface area contributed by atoms with Crippen molar-refractivity contribution in [3.8, 4) is 0 Å². The first kappa shape index (κ1) is 17.3. The predicted molar refractivity (Wildman–Crippen MR) is 76.5 cm³/mol. The van der Waals surface area contributed by atoms with E-state index in [4.69, 9.17) is 4.74 Å². The number of unbranched alkanes of at least 4 members (excludes halogenated alkanes) is 1. The Kier molecular flexibility index (Phi) is 4.97. The van der Waals surface area contributed by atoms with Gasteiger partial charge in [0.25, 0.3) is 0 Å². The SMILES string of the molecule is CCCCOC(=O)[C@]1(NC(=O)C(F)(F)F)CCc2ccccc21. The largest absolute Gasteiger partial charge is 0.471 e. The van der Waals surface area contributed by atoms with Crippen LogP contribution < -0.4 is 5.32 Å². The standard InChI is InChI=1S/C16H18F3NO3/c1-2-3-10-23-14(22)15(20-13(21)16(17,18)19)9-8-11-6-4-5-7-12(11)15/h4-7H,2-3,8-10H2,1H3,(H,20,21)/t15-/m0/s1. The summed E-state index contributed by atoms with van der Waals surface area (Å²) in [5.41, 5.74) is -0.654. The summed E-state index contributed by atoms with van der Waals surface area (Å²) in [6.07, 6.45) is -3.22. The second kappa shape index (κ2) is 6.60. The number of fused-ring (bicyclic) bond motifs is 1. The van der Waals surface area contributed by atoms with E-state index >= 15 is 0 Å². The Bertz CT molecular complexity index is 600. The number of amides is 1. The molecular weight excluding hydrogens is 311 g/mol. The molecule has 1 aromatic carbocycles. The van der Waals surface area contributed by atoms with Gasteiger partial charge in [0.05, 0.1) is 6.61 Å². The number of rotatable bonds is 5.